The molecule has 1 rings (SSSR count). The number of allylic oxidation sites excluding steroid dienone is 2. The molecule has 0 aliphatic carbocycles. The van der Waals surface area contributed by atoms with E-state index in [1.807, 2.05) is 20.8 Å². The van der Waals surface area contributed by atoms with Crippen LogP contribution in [0, 0.1) is 13.8 Å². The SMILES string of the molecule is C=C/C=C/Oc1nc(C)c(OCC)nc1C. The van der Waals surface area contributed by atoms with Crippen LogP contribution < -0.4 is 9.47 Å². The Labute approximate surface area is 95.6 Å². The van der Waals surface area contributed by atoms with Gasteiger partial charge in [-0.3, -0.25) is 0 Å². The van der Waals surface area contributed by atoms with E-state index in [1.165, 1.54) is 6.26 Å². The average molecular weight is 220 g/mol. The molecular formula is C12H16N2O2. The Balaban J connectivity index is 2.91. The van der Waals surface area contributed by atoms with Gasteiger partial charge in [0.05, 0.1) is 12.9 Å². The van der Waals surface area contributed by atoms with Crippen molar-refractivity contribution >= 4 is 0 Å². The lowest BCUT2D eigenvalue weighted by atomic mass is 10.4. The van der Waals surface area contributed by atoms with Crippen LogP contribution >= 0.6 is 0 Å². The Morgan fingerprint density at radius 3 is 2.44 bits per heavy atom. The largest absolute Gasteiger partial charge is 0.477 e. The van der Waals surface area contributed by atoms with Gasteiger partial charge in [-0.15, -0.1) is 0 Å². The highest BCUT2D eigenvalue weighted by Crippen LogP contribution is 2.20. The maximum Gasteiger partial charge on any atom is 0.240 e. The van der Waals surface area contributed by atoms with Gasteiger partial charge in [-0.2, -0.15) is 0 Å². The first-order valence-electron chi connectivity index (χ1n) is 5.11. The van der Waals surface area contributed by atoms with E-state index in [4.69, 9.17) is 9.47 Å². The average Bonchev–Trinajstić information content (AvgIpc) is 2.25. The van der Waals surface area contributed by atoms with Crippen molar-refractivity contribution < 1.29 is 9.47 Å². The summed E-state index contributed by atoms with van der Waals surface area (Å²) in [5.41, 5.74) is 1.41. The van der Waals surface area contributed by atoms with Crippen molar-refractivity contribution in [2.75, 3.05) is 6.61 Å². The number of nitrogens with zero attached hydrogens (tertiary/aromatic N) is 2. The van der Waals surface area contributed by atoms with Crippen molar-refractivity contribution in [2.24, 2.45) is 0 Å². The van der Waals surface area contributed by atoms with Gasteiger partial charge in [0.25, 0.3) is 0 Å². The lowest BCUT2D eigenvalue weighted by Gasteiger charge is -2.08. The molecule has 0 saturated heterocycles. The summed E-state index contributed by atoms with van der Waals surface area (Å²) < 4.78 is 10.6. The zero-order chi connectivity index (χ0) is 12.0. The molecule has 16 heavy (non-hydrogen) atoms. The summed E-state index contributed by atoms with van der Waals surface area (Å²) in [6.07, 6.45) is 4.83. The van der Waals surface area contributed by atoms with Crippen LogP contribution in [-0.2, 0) is 0 Å². The van der Waals surface area contributed by atoms with E-state index < -0.39 is 0 Å². The lowest BCUT2D eigenvalue weighted by molar-refractivity contribution is 0.318. The van der Waals surface area contributed by atoms with Crippen LogP contribution in [0.2, 0.25) is 0 Å². The van der Waals surface area contributed by atoms with Crippen LogP contribution in [0.3, 0.4) is 0 Å². The second-order valence-electron chi connectivity index (χ2n) is 3.12. The zero-order valence-electron chi connectivity index (χ0n) is 9.86. The van der Waals surface area contributed by atoms with E-state index in [2.05, 4.69) is 16.5 Å². The summed E-state index contributed by atoms with van der Waals surface area (Å²) in [6, 6.07) is 0. The van der Waals surface area contributed by atoms with Crippen molar-refractivity contribution in [3.8, 4) is 11.8 Å². The Hall–Kier alpha value is -1.84. The minimum absolute atomic E-state index is 0.485. The molecule has 0 unspecified atom stereocenters. The summed E-state index contributed by atoms with van der Waals surface area (Å²) in [4.78, 5) is 8.54. The van der Waals surface area contributed by atoms with Crippen molar-refractivity contribution in [2.45, 2.75) is 20.8 Å². The van der Waals surface area contributed by atoms with Crippen molar-refractivity contribution in [3.63, 3.8) is 0 Å². The molecule has 0 radical (unpaired) electrons. The molecule has 0 N–H and O–H groups in total. The van der Waals surface area contributed by atoms with E-state index in [1.54, 1.807) is 12.2 Å². The van der Waals surface area contributed by atoms with Crippen LogP contribution in [0.5, 0.6) is 11.8 Å². The zero-order valence-corrected chi connectivity index (χ0v) is 9.86. The number of ether oxygens (including phenoxy) is 2. The van der Waals surface area contributed by atoms with Crippen LogP contribution in [0.25, 0.3) is 0 Å². The summed E-state index contributed by atoms with van der Waals surface area (Å²) in [5.74, 6) is 1.04. The summed E-state index contributed by atoms with van der Waals surface area (Å²) in [5, 5.41) is 0. The molecular weight excluding hydrogens is 204 g/mol. The highest BCUT2D eigenvalue weighted by molar-refractivity contribution is 5.27. The fraction of sp³-hybridized carbons (Fsp3) is 0.333. The van der Waals surface area contributed by atoms with Crippen LogP contribution in [0.1, 0.15) is 18.3 Å². The molecule has 0 fully saturated rings. The summed E-state index contributed by atoms with van der Waals surface area (Å²) in [6.45, 7) is 9.69. The third-order valence-electron chi connectivity index (χ3n) is 1.83. The Morgan fingerprint density at radius 2 is 1.81 bits per heavy atom. The second kappa shape index (κ2) is 5.90. The number of aryl methyl sites for hydroxylation is 2. The molecule has 1 heterocycles. The van der Waals surface area contributed by atoms with E-state index in [-0.39, 0.29) is 0 Å². The maximum absolute atomic E-state index is 5.33. The van der Waals surface area contributed by atoms with Crippen LogP contribution in [-0.4, -0.2) is 16.6 Å². The predicted molar refractivity (Wildman–Crippen MR) is 62.6 cm³/mol. The molecule has 4 nitrogen and oxygen atoms in total. The number of aromatic nitrogens is 2. The topological polar surface area (TPSA) is 44.2 Å². The molecule has 0 spiro atoms. The van der Waals surface area contributed by atoms with Gasteiger partial charge < -0.3 is 9.47 Å². The normalized spacial score (nSPS) is 10.4. The summed E-state index contributed by atoms with van der Waals surface area (Å²) >= 11 is 0. The molecule has 0 aliphatic heterocycles. The van der Waals surface area contributed by atoms with Crippen LogP contribution in [0.15, 0.2) is 25.0 Å². The second-order valence-corrected chi connectivity index (χ2v) is 3.12. The molecule has 0 saturated carbocycles. The monoisotopic (exact) mass is 220 g/mol. The fourth-order valence-corrected chi connectivity index (χ4v) is 1.11. The van der Waals surface area contributed by atoms with E-state index in [0.29, 0.717) is 24.1 Å². The van der Waals surface area contributed by atoms with Crippen molar-refractivity contribution in [3.05, 3.63) is 36.4 Å². The van der Waals surface area contributed by atoms with Gasteiger partial charge in [0, 0.05) is 0 Å². The quantitative estimate of drug-likeness (QED) is 0.565. The third-order valence-corrected chi connectivity index (χ3v) is 1.83. The predicted octanol–water partition coefficient (Wildman–Crippen LogP) is 2.57. The van der Waals surface area contributed by atoms with Crippen molar-refractivity contribution in [1.29, 1.82) is 0 Å². The number of rotatable bonds is 5. The Morgan fingerprint density at radius 1 is 1.19 bits per heavy atom. The maximum atomic E-state index is 5.33. The van der Waals surface area contributed by atoms with Gasteiger partial charge in [0.1, 0.15) is 11.4 Å². The fourth-order valence-electron chi connectivity index (χ4n) is 1.11. The van der Waals surface area contributed by atoms with Crippen molar-refractivity contribution in [1.82, 2.24) is 9.97 Å². The van der Waals surface area contributed by atoms with Gasteiger partial charge in [-0.25, -0.2) is 9.97 Å². The molecule has 1 aromatic rings. The Kier molecular flexibility index (Phi) is 4.51. The third kappa shape index (κ3) is 3.08. The lowest BCUT2D eigenvalue weighted by Crippen LogP contribution is -2.02. The Bertz CT molecular complexity index is 400. The van der Waals surface area contributed by atoms with Gasteiger partial charge in [0.15, 0.2) is 0 Å². The molecule has 0 atom stereocenters. The number of hydrogen-bond acceptors (Lipinski definition) is 4. The smallest absolute Gasteiger partial charge is 0.240 e. The molecule has 86 valence electrons. The van der Waals surface area contributed by atoms with Gasteiger partial charge >= 0.3 is 0 Å². The van der Waals surface area contributed by atoms with Gasteiger partial charge in [-0.1, -0.05) is 12.7 Å². The minimum Gasteiger partial charge on any atom is -0.477 e. The standard InChI is InChI=1S/C12H16N2O2/c1-5-7-8-16-12-10(4)13-11(15-6-2)9(3)14-12/h5,7-8H,1,6H2,2-4H3/b8-7+. The van der Waals surface area contributed by atoms with Gasteiger partial charge in [0.2, 0.25) is 11.8 Å². The highest BCUT2D eigenvalue weighted by Gasteiger charge is 2.08. The number of hydrogen-bond donors (Lipinski definition) is 0. The van der Waals surface area contributed by atoms with Crippen LogP contribution in [0.4, 0.5) is 0 Å². The van der Waals surface area contributed by atoms with E-state index >= 15 is 0 Å². The summed E-state index contributed by atoms with van der Waals surface area (Å²) in [7, 11) is 0. The molecule has 0 bridgehead atoms. The first-order valence-corrected chi connectivity index (χ1v) is 5.11. The minimum atomic E-state index is 0.485. The van der Waals surface area contributed by atoms with E-state index in [0.717, 1.165) is 5.69 Å². The molecule has 0 amide bonds. The highest BCUT2D eigenvalue weighted by atomic mass is 16.5. The first-order chi connectivity index (χ1) is 7.69. The first kappa shape index (κ1) is 12.2. The molecule has 0 aliphatic rings. The molecule has 4 heteroatoms. The molecule has 1 aromatic heterocycles. The molecule has 0 aromatic carbocycles. The van der Waals surface area contributed by atoms with Gasteiger partial charge in [-0.05, 0) is 26.8 Å². The van der Waals surface area contributed by atoms with E-state index in [9.17, 15) is 0 Å².